The maximum absolute atomic E-state index is 11.7. The Hall–Kier alpha value is -1.53. The lowest BCUT2D eigenvalue weighted by Crippen LogP contribution is -2.29. The van der Waals surface area contributed by atoms with E-state index in [2.05, 4.69) is 24.0 Å². The van der Waals surface area contributed by atoms with Crippen LogP contribution in [0.4, 0.5) is 0 Å². The molecule has 0 radical (unpaired) electrons. The van der Waals surface area contributed by atoms with Crippen LogP contribution in [0.1, 0.15) is 32.4 Å². The lowest BCUT2D eigenvalue weighted by Gasteiger charge is -2.26. The fourth-order valence-electron chi connectivity index (χ4n) is 2.28. The molecule has 114 valence electrons. The maximum atomic E-state index is 11.7. The van der Waals surface area contributed by atoms with Gasteiger partial charge in [0.15, 0.2) is 5.16 Å². The third-order valence-corrected chi connectivity index (χ3v) is 5.11. The first kappa shape index (κ1) is 15.9. The van der Waals surface area contributed by atoms with E-state index in [0.29, 0.717) is 17.6 Å². The highest BCUT2D eigenvalue weighted by Gasteiger charge is 2.26. The molecule has 6 heteroatoms. The summed E-state index contributed by atoms with van der Waals surface area (Å²) in [4.78, 5) is 11.7. The van der Waals surface area contributed by atoms with Crippen molar-refractivity contribution in [2.45, 2.75) is 43.8 Å². The van der Waals surface area contributed by atoms with Crippen LogP contribution in [-0.2, 0) is 6.54 Å². The second kappa shape index (κ2) is 6.95. The molecular formula is C15H22N4OS. The number of H-pyrrole nitrogens is 1. The summed E-state index contributed by atoms with van der Waals surface area (Å²) in [6.45, 7) is 6.81. The molecule has 2 aromatic rings. The van der Waals surface area contributed by atoms with E-state index in [9.17, 15) is 4.79 Å². The summed E-state index contributed by atoms with van der Waals surface area (Å²) < 4.78 is 1.64. The van der Waals surface area contributed by atoms with E-state index in [1.54, 1.807) is 16.3 Å². The highest BCUT2D eigenvalue weighted by atomic mass is 32.2. The molecule has 0 bridgehead atoms. The first-order chi connectivity index (χ1) is 10.0. The third-order valence-electron chi connectivity index (χ3n) is 3.48. The van der Waals surface area contributed by atoms with E-state index in [-0.39, 0.29) is 17.0 Å². The minimum Gasteiger partial charge on any atom is -0.323 e. The zero-order valence-electron chi connectivity index (χ0n) is 12.6. The van der Waals surface area contributed by atoms with Crippen molar-refractivity contribution in [3.8, 4) is 0 Å². The molecule has 21 heavy (non-hydrogen) atoms. The van der Waals surface area contributed by atoms with E-state index in [1.807, 2.05) is 37.3 Å². The number of thioether (sulfide) groups is 1. The van der Waals surface area contributed by atoms with Crippen molar-refractivity contribution in [1.82, 2.24) is 14.8 Å². The number of hydrogen-bond acceptors (Lipinski definition) is 4. The lowest BCUT2D eigenvalue weighted by atomic mass is 9.97. The molecule has 0 aliphatic carbocycles. The molecule has 1 heterocycles. The van der Waals surface area contributed by atoms with Gasteiger partial charge in [0.25, 0.3) is 0 Å². The van der Waals surface area contributed by atoms with Gasteiger partial charge in [0.1, 0.15) is 0 Å². The van der Waals surface area contributed by atoms with Gasteiger partial charge in [-0.3, -0.25) is 4.57 Å². The maximum Gasteiger partial charge on any atom is 0.343 e. The molecule has 0 aliphatic heterocycles. The van der Waals surface area contributed by atoms with Gasteiger partial charge in [0, 0.05) is 17.8 Å². The van der Waals surface area contributed by atoms with Gasteiger partial charge in [0.05, 0.1) is 0 Å². The standard InChI is InChI=1S/C15H22N4OS/c1-4-19-14(20)17-18-15(19)21-13(10(2)3)12(16)11-8-6-5-7-9-11/h5-10,12-13H,4,16H2,1-3H3,(H,17,20). The molecule has 2 rings (SSSR count). The Balaban J connectivity index is 2.25. The first-order valence-corrected chi connectivity index (χ1v) is 8.05. The van der Waals surface area contributed by atoms with Crippen molar-refractivity contribution in [1.29, 1.82) is 0 Å². The second-order valence-electron chi connectivity index (χ2n) is 5.32. The van der Waals surface area contributed by atoms with Gasteiger partial charge >= 0.3 is 5.69 Å². The van der Waals surface area contributed by atoms with Crippen molar-refractivity contribution >= 4 is 11.8 Å². The summed E-state index contributed by atoms with van der Waals surface area (Å²) in [5.74, 6) is 0.363. The van der Waals surface area contributed by atoms with Crippen LogP contribution in [0.15, 0.2) is 40.3 Å². The van der Waals surface area contributed by atoms with Crippen molar-refractivity contribution in [3.05, 3.63) is 46.4 Å². The Bertz CT molecular complexity index is 620. The number of aromatic nitrogens is 3. The van der Waals surface area contributed by atoms with Gasteiger partial charge in [-0.05, 0) is 18.4 Å². The van der Waals surface area contributed by atoms with Crippen LogP contribution < -0.4 is 11.4 Å². The van der Waals surface area contributed by atoms with Crippen LogP contribution in [0.3, 0.4) is 0 Å². The minimum atomic E-state index is -0.171. The molecule has 1 aromatic heterocycles. The van der Waals surface area contributed by atoms with Crippen molar-refractivity contribution < 1.29 is 0 Å². The molecular weight excluding hydrogens is 284 g/mol. The Kier molecular flexibility index (Phi) is 5.25. The monoisotopic (exact) mass is 306 g/mol. The number of nitrogens with one attached hydrogen (secondary N) is 1. The smallest absolute Gasteiger partial charge is 0.323 e. The predicted octanol–water partition coefficient (Wildman–Crippen LogP) is 2.41. The number of hydrogen-bond donors (Lipinski definition) is 2. The lowest BCUT2D eigenvalue weighted by molar-refractivity contribution is 0.524. The van der Waals surface area contributed by atoms with Crippen LogP contribution in [0.5, 0.6) is 0 Å². The summed E-state index contributed by atoms with van der Waals surface area (Å²) in [5, 5.41) is 7.47. The van der Waals surface area contributed by atoms with Gasteiger partial charge < -0.3 is 5.73 Å². The topological polar surface area (TPSA) is 76.7 Å². The van der Waals surface area contributed by atoms with Crippen LogP contribution >= 0.6 is 11.8 Å². The number of nitrogens with two attached hydrogens (primary N) is 1. The van der Waals surface area contributed by atoms with Crippen LogP contribution in [-0.4, -0.2) is 20.0 Å². The quantitative estimate of drug-likeness (QED) is 0.804. The average molecular weight is 306 g/mol. The number of rotatable bonds is 6. The zero-order chi connectivity index (χ0) is 15.4. The molecule has 0 aliphatic rings. The number of aromatic amines is 1. The molecule has 2 atom stereocenters. The van der Waals surface area contributed by atoms with Crippen LogP contribution in [0.2, 0.25) is 0 Å². The van der Waals surface area contributed by atoms with Crippen molar-refractivity contribution in [3.63, 3.8) is 0 Å². The van der Waals surface area contributed by atoms with Crippen LogP contribution in [0.25, 0.3) is 0 Å². The number of benzene rings is 1. The van der Waals surface area contributed by atoms with Gasteiger partial charge in [-0.15, -0.1) is 5.10 Å². The Labute approximate surface area is 128 Å². The summed E-state index contributed by atoms with van der Waals surface area (Å²) >= 11 is 1.57. The molecule has 0 amide bonds. The van der Waals surface area contributed by atoms with E-state index in [1.165, 1.54) is 0 Å². The number of nitrogens with zero attached hydrogens (tertiary/aromatic N) is 2. The van der Waals surface area contributed by atoms with Gasteiger partial charge in [0.2, 0.25) is 0 Å². The molecule has 1 aromatic carbocycles. The Morgan fingerprint density at radius 2 is 2.00 bits per heavy atom. The SMILES string of the molecule is CCn1c(SC(C(C)C)C(N)c2ccccc2)n[nH]c1=O. The summed E-state index contributed by atoms with van der Waals surface area (Å²) in [7, 11) is 0. The molecule has 5 nitrogen and oxygen atoms in total. The molecule has 3 N–H and O–H groups in total. The first-order valence-electron chi connectivity index (χ1n) is 7.17. The summed E-state index contributed by atoms with van der Waals surface area (Å²) in [5.41, 5.74) is 7.37. The molecule has 0 saturated carbocycles. The fraction of sp³-hybridized carbons (Fsp3) is 0.467. The van der Waals surface area contributed by atoms with Crippen molar-refractivity contribution in [2.75, 3.05) is 0 Å². The van der Waals surface area contributed by atoms with Crippen LogP contribution in [0, 0.1) is 5.92 Å². The molecule has 0 spiro atoms. The van der Waals surface area contributed by atoms with E-state index in [4.69, 9.17) is 5.73 Å². The van der Waals surface area contributed by atoms with Crippen molar-refractivity contribution in [2.24, 2.45) is 11.7 Å². The normalized spacial score (nSPS) is 14.3. The molecule has 0 saturated heterocycles. The van der Waals surface area contributed by atoms with E-state index in [0.717, 1.165) is 5.56 Å². The zero-order valence-corrected chi connectivity index (χ0v) is 13.4. The van der Waals surface area contributed by atoms with Gasteiger partial charge in [-0.2, -0.15) is 0 Å². The average Bonchev–Trinajstić information content (AvgIpc) is 2.84. The highest BCUT2D eigenvalue weighted by Crippen LogP contribution is 2.34. The third kappa shape index (κ3) is 3.57. The van der Waals surface area contributed by atoms with E-state index < -0.39 is 0 Å². The predicted molar refractivity (Wildman–Crippen MR) is 86.4 cm³/mol. The van der Waals surface area contributed by atoms with Gasteiger partial charge in [-0.25, -0.2) is 9.89 Å². The molecule has 0 fully saturated rings. The molecule has 2 unspecified atom stereocenters. The fourth-order valence-corrected chi connectivity index (χ4v) is 3.54. The summed E-state index contributed by atoms with van der Waals surface area (Å²) in [6, 6.07) is 9.95. The minimum absolute atomic E-state index is 0.103. The van der Waals surface area contributed by atoms with Gasteiger partial charge in [-0.1, -0.05) is 55.9 Å². The second-order valence-corrected chi connectivity index (χ2v) is 6.46. The summed E-state index contributed by atoms with van der Waals surface area (Å²) in [6.07, 6.45) is 0. The Morgan fingerprint density at radius 1 is 1.33 bits per heavy atom. The largest absolute Gasteiger partial charge is 0.343 e. The Morgan fingerprint density at radius 3 is 2.57 bits per heavy atom. The highest BCUT2D eigenvalue weighted by molar-refractivity contribution is 7.99. The van der Waals surface area contributed by atoms with E-state index >= 15 is 0 Å².